The van der Waals surface area contributed by atoms with Crippen LogP contribution in [-0.4, -0.2) is 71.2 Å². The quantitative estimate of drug-likeness (QED) is 0.672. The SMILES string of the molecule is COc1ccc(OC)c(S(=O)(=O)N2CC[NH+](CC(=O)OC(C)(C)C)CC2)c1. The molecule has 0 amide bonds. The molecule has 1 aromatic carbocycles. The van der Waals surface area contributed by atoms with E-state index in [1.54, 1.807) is 12.1 Å². The zero-order valence-electron chi connectivity index (χ0n) is 16.6. The van der Waals surface area contributed by atoms with Crippen LogP contribution in [0, 0.1) is 0 Å². The summed E-state index contributed by atoms with van der Waals surface area (Å²) in [5, 5.41) is 0. The number of methoxy groups -OCH3 is 2. The number of quaternary nitrogens is 1. The minimum atomic E-state index is -3.72. The van der Waals surface area contributed by atoms with Gasteiger partial charge in [-0.25, -0.2) is 13.2 Å². The van der Waals surface area contributed by atoms with Crippen molar-refractivity contribution in [3.63, 3.8) is 0 Å². The number of piperazine rings is 1. The Hall–Kier alpha value is -1.84. The lowest BCUT2D eigenvalue weighted by Crippen LogP contribution is -3.15. The van der Waals surface area contributed by atoms with Crippen molar-refractivity contribution in [2.45, 2.75) is 31.3 Å². The van der Waals surface area contributed by atoms with Crippen molar-refractivity contribution in [3.8, 4) is 11.5 Å². The Morgan fingerprint density at radius 2 is 1.78 bits per heavy atom. The summed E-state index contributed by atoms with van der Waals surface area (Å²) in [5.41, 5.74) is -0.523. The third kappa shape index (κ3) is 5.57. The molecule has 152 valence electrons. The molecule has 1 aliphatic heterocycles. The Kier molecular flexibility index (Phi) is 6.72. The van der Waals surface area contributed by atoms with Crippen molar-refractivity contribution in [1.29, 1.82) is 0 Å². The van der Waals surface area contributed by atoms with E-state index in [-0.39, 0.29) is 23.2 Å². The van der Waals surface area contributed by atoms with Gasteiger partial charge in [-0.05, 0) is 32.9 Å². The van der Waals surface area contributed by atoms with Crippen LogP contribution in [-0.2, 0) is 19.6 Å². The monoisotopic (exact) mass is 401 g/mol. The van der Waals surface area contributed by atoms with Crippen molar-refractivity contribution in [2.75, 3.05) is 46.9 Å². The summed E-state index contributed by atoms with van der Waals surface area (Å²) < 4.78 is 43.2. The molecular formula is C18H29N2O6S+. The predicted octanol–water partition coefficient (Wildman–Crippen LogP) is -0.0653. The van der Waals surface area contributed by atoms with Crippen LogP contribution >= 0.6 is 0 Å². The van der Waals surface area contributed by atoms with Gasteiger partial charge >= 0.3 is 5.97 Å². The Morgan fingerprint density at radius 3 is 2.30 bits per heavy atom. The van der Waals surface area contributed by atoms with Gasteiger partial charge in [0.2, 0.25) is 10.0 Å². The van der Waals surface area contributed by atoms with E-state index in [9.17, 15) is 13.2 Å². The van der Waals surface area contributed by atoms with Gasteiger partial charge in [-0.3, -0.25) is 0 Å². The summed E-state index contributed by atoms with van der Waals surface area (Å²) in [4.78, 5) is 13.1. The molecule has 1 aromatic rings. The number of carbonyl (C=O) groups excluding carboxylic acids is 1. The Morgan fingerprint density at radius 1 is 1.15 bits per heavy atom. The van der Waals surface area contributed by atoms with Gasteiger partial charge in [-0.2, -0.15) is 4.31 Å². The first-order chi connectivity index (χ1) is 12.6. The lowest BCUT2D eigenvalue weighted by atomic mass is 10.2. The molecule has 0 aromatic heterocycles. The molecule has 0 radical (unpaired) electrons. The summed E-state index contributed by atoms with van der Waals surface area (Å²) >= 11 is 0. The second kappa shape index (κ2) is 8.45. The van der Waals surface area contributed by atoms with Crippen LogP contribution < -0.4 is 14.4 Å². The molecule has 0 saturated carbocycles. The predicted molar refractivity (Wildman–Crippen MR) is 99.7 cm³/mol. The molecule has 0 atom stereocenters. The van der Waals surface area contributed by atoms with E-state index in [4.69, 9.17) is 14.2 Å². The molecule has 27 heavy (non-hydrogen) atoms. The number of esters is 1. The van der Waals surface area contributed by atoms with E-state index in [1.807, 2.05) is 20.8 Å². The number of nitrogens with one attached hydrogen (secondary N) is 1. The van der Waals surface area contributed by atoms with Crippen LogP contribution in [0.4, 0.5) is 0 Å². The van der Waals surface area contributed by atoms with Gasteiger partial charge in [0, 0.05) is 6.07 Å². The molecule has 1 heterocycles. The highest BCUT2D eigenvalue weighted by molar-refractivity contribution is 7.89. The number of hydrogen-bond donors (Lipinski definition) is 1. The van der Waals surface area contributed by atoms with Crippen molar-refractivity contribution < 1.29 is 32.3 Å². The fraction of sp³-hybridized carbons (Fsp3) is 0.611. The summed E-state index contributed by atoms with van der Waals surface area (Å²) in [7, 11) is -0.802. The maximum absolute atomic E-state index is 13.0. The molecule has 9 heteroatoms. The number of carbonyl (C=O) groups is 1. The molecule has 1 N–H and O–H groups in total. The molecule has 0 unspecified atom stereocenters. The Balaban J connectivity index is 2.06. The lowest BCUT2D eigenvalue weighted by molar-refractivity contribution is -0.896. The van der Waals surface area contributed by atoms with Gasteiger partial charge in [-0.15, -0.1) is 0 Å². The van der Waals surface area contributed by atoms with Crippen LogP contribution in [0.15, 0.2) is 23.1 Å². The summed E-state index contributed by atoms with van der Waals surface area (Å²) in [6, 6.07) is 4.70. The van der Waals surface area contributed by atoms with Crippen LogP contribution in [0.1, 0.15) is 20.8 Å². The Bertz CT molecular complexity index is 765. The summed E-state index contributed by atoms with van der Waals surface area (Å²) in [6.45, 7) is 7.41. The van der Waals surface area contributed by atoms with Crippen LogP contribution in [0.25, 0.3) is 0 Å². The minimum Gasteiger partial charge on any atom is -0.497 e. The third-order valence-electron chi connectivity index (χ3n) is 4.23. The van der Waals surface area contributed by atoms with Crippen molar-refractivity contribution >= 4 is 16.0 Å². The fourth-order valence-corrected chi connectivity index (χ4v) is 4.54. The van der Waals surface area contributed by atoms with Gasteiger partial charge in [0.25, 0.3) is 0 Å². The van der Waals surface area contributed by atoms with Gasteiger partial charge in [0.1, 0.15) is 22.0 Å². The maximum Gasteiger partial charge on any atom is 0.362 e. The van der Waals surface area contributed by atoms with Crippen LogP contribution in [0.3, 0.4) is 0 Å². The van der Waals surface area contributed by atoms with Gasteiger partial charge < -0.3 is 19.1 Å². The molecule has 1 fully saturated rings. The number of ether oxygens (including phenoxy) is 3. The zero-order chi connectivity index (χ0) is 20.2. The van der Waals surface area contributed by atoms with E-state index in [0.717, 1.165) is 4.90 Å². The Labute approximate surface area is 161 Å². The van der Waals surface area contributed by atoms with E-state index >= 15 is 0 Å². The highest BCUT2D eigenvalue weighted by Crippen LogP contribution is 2.30. The lowest BCUT2D eigenvalue weighted by Gasteiger charge is -2.31. The topological polar surface area (TPSA) is 86.6 Å². The van der Waals surface area contributed by atoms with Gasteiger partial charge in [0.15, 0.2) is 6.54 Å². The van der Waals surface area contributed by atoms with Crippen molar-refractivity contribution in [1.82, 2.24) is 4.31 Å². The number of rotatable bonds is 6. The van der Waals surface area contributed by atoms with Crippen LogP contribution in [0.5, 0.6) is 11.5 Å². The summed E-state index contributed by atoms with van der Waals surface area (Å²) in [5.74, 6) is 0.450. The number of sulfonamides is 1. The average molecular weight is 402 g/mol. The molecular weight excluding hydrogens is 372 g/mol. The molecule has 8 nitrogen and oxygen atoms in total. The van der Waals surface area contributed by atoms with E-state index in [1.165, 1.54) is 24.6 Å². The first-order valence-electron chi connectivity index (χ1n) is 8.84. The van der Waals surface area contributed by atoms with E-state index in [2.05, 4.69) is 0 Å². The number of hydrogen-bond acceptors (Lipinski definition) is 6. The van der Waals surface area contributed by atoms with E-state index in [0.29, 0.717) is 31.9 Å². The van der Waals surface area contributed by atoms with E-state index < -0.39 is 15.6 Å². The fourth-order valence-electron chi connectivity index (χ4n) is 2.93. The number of benzene rings is 1. The molecule has 0 bridgehead atoms. The standard InChI is InChI=1S/C18H28N2O6S/c1-18(2,3)26-17(21)13-19-8-10-20(11-9-19)27(22,23)16-12-14(24-4)6-7-15(16)25-5/h6-7,12H,8-11,13H2,1-5H3/p+1. The number of nitrogens with zero attached hydrogens (tertiary/aromatic N) is 1. The molecule has 1 aliphatic rings. The van der Waals surface area contributed by atoms with Crippen molar-refractivity contribution in [2.24, 2.45) is 0 Å². The second-order valence-corrected chi connectivity index (χ2v) is 9.34. The third-order valence-corrected chi connectivity index (χ3v) is 6.15. The first kappa shape index (κ1) is 21.5. The summed E-state index contributed by atoms with van der Waals surface area (Å²) in [6.07, 6.45) is 0. The molecule has 1 saturated heterocycles. The second-order valence-electron chi connectivity index (χ2n) is 7.43. The van der Waals surface area contributed by atoms with Crippen LogP contribution in [0.2, 0.25) is 0 Å². The normalized spacial score (nSPS) is 16.8. The highest BCUT2D eigenvalue weighted by Gasteiger charge is 2.34. The molecule has 0 spiro atoms. The van der Waals surface area contributed by atoms with Crippen molar-refractivity contribution in [3.05, 3.63) is 18.2 Å². The first-order valence-corrected chi connectivity index (χ1v) is 10.3. The molecule has 2 rings (SSSR count). The minimum absolute atomic E-state index is 0.0833. The zero-order valence-corrected chi connectivity index (χ0v) is 17.4. The highest BCUT2D eigenvalue weighted by atomic mass is 32.2. The molecule has 0 aliphatic carbocycles. The smallest absolute Gasteiger partial charge is 0.362 e. The average Bonchev–Trinajstić information content (AvgIpc) is 2.60. The maximum atomic E-state index is 13.0. The van der Waals surface area contributed by atoms with Gasteiger partial charge in [0.05, 0.1) is 40.4 Å². The largest absolute Gasteiger partial charge is 0.497 e. The van der Waals surface area contributed by atoms with Gasteiger partial charge in [-0.1, -0.05) is 0 Å².